The summed E-state index contributed by atoms with van der Waals surface area (Å²) in [4.78, 5) is 12.1. The summed E-state index contributed by atoms with van der Waals surface area (Å²) in [6.07, 6.45) is 4.20. The van der Waals surface area contributed by atoms with Gasteiger partial charge in [0.2, 0.25) is 0 Å². The topological polar surface area (TPSA) is 64.3 Å². The molecule has 1 aliphatic rings. The highest BCUT2D eigenvalue weighted by atomic mass is 35.5. The summed E-state index contributed by atoms with van der Waals surface area (Å²) in [5.41, 5.74) is 6.98. The molecule has 0 bridgehead atoms. The molecule has 0 aliphatic heterocycles. The van der Waals surface area contributed by atoms with Crippen LogP contribution < -0.4 is 15.8 Å². The molecule has 5 heteroatoms. The maximum Gasteiger partial charge on any atom is 0.258 e. The van der Waals surface area contributed by atoms with Crippen molar-refractivity contribution in [2.24, 2.45) is 5.73 Å². The zero-order valence-electron chi connectivity index (χ0n) is 14.4. The number of hydrogen-bond donors (Lipinski definition) is 2. The van der Waals surface area contributed by atoms with Gasteiger partial charge in [-0.2, -0.15) is 0 Å². The molecule has 1 amide bonds. The lowest BCUT2D eigenvalue weighted by atomic mass is 9.87. The summed E-state index contributed by atoms with van der Waals surface area (Å²) in [5, 5.41) is 3.06. The minimum atomic E-state index is -0.212. The molecule has 3 N–H and O–H groups in total. The van der Waals surface area contributed by atoms with Crippen LogP contribution >= 0.6 is 12.4 Å². The highest BCUT2D eigenvalue weighted by molar-refractivity contribution is 5.85. The van der Waals surface area contributed by atoms with E-state index in [4.69, 9.17) is 10.5 Å². The summed E-state index contributed by atoms with van der Waals surface area (Å²) in [5.74, 6) is 0.628. The third-order valence-corrected chi connectivity index (χ3v) is 4.45. The van der Waals surface area contributed by atoms with Gasteiger partial charge in [0.05, 0.1) is 5.54 Å². The van der Waals surface area contributed by atoms with E-state index in [0.717, 1.165) is 31.4 Å². The normalized spacial score (nSPS) is 16.5. The van der Waals surface area contributed by atoms with Gasteiger partial charge in [0.15, 0.2) is 6.61 Å². The van der Waals surface area contributed by atoms with Crippen LogP contribution in [0.4, 0.5) is 0 Å². The fraction of sp³-hybridized carbons (Fsp3) is 0.611. The molecule has 0 unspecified atom stereocenters. The Morgan fingerprint density at radius 1 is 1.22 bits per heavy atom. The molecule has 1 aromatic carbocycles. The van der Waals surface area contributed by atoms with Crippen LogP contribution in [0.5, 0.6) is 5.75 Å². The number of ether oxygens (including phenoxy) is 1. The van der Waals surface area contributed by atoms with Gasteiger partial charge < -0.3 is 15.8 Å². The minimum absolute atomic E-state index is 0. The first-order valence-corrected chi connectivity index (χ1v) is 8.09. The van der Waals surface area contributed by atoms with Crippen molar-refractivity contribution in [3.05, 3.63) is 29.8 Å². The van der Waals surface area contributed by atoms with Crippen LogP contribution in [-0.4, -0.2) is 24.6 Å². The molecule has 0 saturated heterocycles. The van der Waals surface area contributed by atoms with Crippen molar-refractivity contribution in [2.45, 2.75) is 57.4 Å². The Kier molecular flexibility index (Phi) is 6.90. The van der Waals surface area contributed by atoms with Crippen molar-refractivity contribution in [1.29, 1.82) is 0 Å². The molecule has 23 heavy (non-hydrogen) atoms. The van der Waals surface area contributed by atoms with Gasteiger partial charge in [0, 0.05) is 6.54 Å². The largest absolute Gasteiger partial charge is 0.484 e. The van der Waals surface area contributed by atoms with Crippen LogP contribution in [0, 0.1) is 0 Å². The summed E-state index contributed by atoms with van der Waals surface area (Å²) in [7, 11) is 0. The molecule has 0 atom stereocenters. The predicted molar refractivity (Wildman–Crippen MR) is 96.3 cm³/mol. The quantitative estimate of drug-likeness (QED) is 0.865. The van der Waals surface area contributed by atoms with Crippen molar-refractivity contribution in [2.75, 3.05) is 13.2 Å². The van der Waals surface area contributed by atoms with E-state index in [1.165, 1.54) is 5.56 Å². The molecule has 0 radical (unpaired) electrons. The lowest BCUT2D eigenvalue weighted by Gasteiger charge is -2.28. The van der Waals surface area contributed by atoms with Crippen molar-refractivity contribution >= 4 is 18.3 Å². The smallest absolute Gasteiger partial charge is 0.258 e. The van der Waals surface area contributed by atoms with Gasteiger partial charge >= 0.3 is 0 Å². The standard InChI is InChI=1S/C18H28N2O2.ClH/c1-17(2,3)14-6-8-15(9-7-14)22-12-16(21)20-18(13-19)10-4-5-11-18;/h6-9H,4-5,10-13,19H2,1-3H3,(H,20,21);1H. The first kappa shape index (κ1) is 19.8. The highest BCUT2D eigenvalue weighted by Gasteiger charge is 2.33. The van der Waals surface area contributed by atoms with Gasteiger partial charge in [-0.3, -0.25) is 4.79 Å². The molecule has 4 nitrogen and oxygen atoms in total. The Bertz CT molecular complexity index is 503. The van der Waals surface area contributed by atoms with Gasteiger partial charge in [0.25, 0.3) is 5.91 Å². The zero-order valence-corrected chi connectivity index (χ0v) is 15.2. The van der Waals surface area contributed by atoms with Crippen LogP contribution in [-0.2, 0) is 10.2 Å². The minimum Gasteiger partial charge on any atom is -0.484 e. The molecule has 1 saturated carbocycles. The van der Waals surface area contributed by atoms with E-state index in [2.05, 4.69) is 26.1 Å². The van der Waals surface area contributed by atoms with E-state index in [0.29, 0.717) is 6.54 Å². The third kappa shape index (κ3) is 5.40. The van der Waals surface area contributed by atoms with Crippen molar-refractivity contribution < 1.29 is 9.53 Å². The van der Waals surface area contributed by atoms with Crippen molar-refractivity contribution in [1.82, 2.24) is 5.32 Å². The van der Waals surface area contributed by atoms with Gasteiger partial charge in [-0.1, -0.05) is 45.7 Å². The first-order valence-electron chi connectivity index (χ1n) is 8.09. The van der Waals surface area contributed by atoms with Crippen molar-refractivity contribution in [3.8, 4) is 5.75 Å². The average molecular weight is 341 g/mol. The van der Waals surface area contributed by atoms with E-state index >= 15 is 0 Å². The second-order valence-electron chi connectivity index (χ2n) is 7.30. The molecule has 1 aliphatic carbocycles. The van der Waals surface area contributed by atoms with Gasteiger partial charge in [-0.15, -0.1) is 12.4 Å². The first-order chi connectivity index (χ1) is 10.3. The zero-order chi connectivity index (χ0) is 16.2. The second-order valence-corrected chi connectivity index (χ2v) is 7.30. The Morgan fingerprint density at radius 2 is 1.78 bits per heavy atom. The fourth-order valence-corrected chi connectivity index (χ4v) is 2.96. The lowest BCUT2D eigenvalue weighted by molar-refractivity contribution is -0.124. The van der Waals surface area contributed by atoms with Crippen LogP contribution in [0.15, 0.2) is 24.3 Å². The number of amides is 1. The average Bonchev–Trinajstić information content (AvgIpc) is 2.94. The summed E-state index contributed by atoms with van der Waals surface area (Å²) < 4.78 is 5.58. The number of nitrogens with one attached hydrogen (secondary N) is 1. The SMILES string of the molecule is CC(C)(C)c1ccc(OCC(=O)NC2(CN)CCCC2)cc1.Cl. The van der Waals surface area contributed by atoms with E-state index < -0.39 is 0 Å². The fourth-order valence-electron chi connectivity index (χ4n) is 2.96. The summed E-state index contributed by atoms with van der Waals surface area (Å²) in [6, 6.07) is 7.93. The van der Waals surface area contributed by atoms with Crippen LogP contribution in [0.25, 0.3) is 0 Å². The Hall–Kier alpha value is -1.26. The van der Waals surface area contributed by atoms with E-state index in [-0.39, 0.29) is 35.9 Å². The number of nitrogens with two attached hydrogens (primary N) is 1. The third-order valence-electron chi connectivity index (χ3n) is 4.45. The Labute approximate surface area is 145 Å². The molecule has 130 valence electrons. The molecule has 2 rings (SSSR count). The van der Waals surface area contributed by atoms with Crippen LogP contribution in [0.3, 0.4) is 0 Å². The van der Waals surface area contributed by atoms with Gasteiger partial charge in [-0.25, -0.2) is 0 Å². The number of benzene rings is 1. The van der Waals surface area contributed by atoms with E-state index in [1.807, 2.05) is 24.3 Å². The number of carbonyl (C=O) groups is 1. The molecular formula is C18H29ClN2O2. The monoisotopic (exact) mass is 340 g/mol. The van der Waals surface area contributed by atoms with E-state index in [1.54, 1.807) is 0 Å². The number of hydrogen-bond acceptors (Lipinski definition) is 3. The molecular weight excluding hydrogens is 312 g/mol. The Balaban J connectivity index is 0.00000264. The summed E-state index contributed by atoms with van der Waals surface area (Å²) >= 11 is 0. The number of rotatable bonds is 5. The second kappa shape index (κ2) is 8.02. The molecule has 0 heterocycles. The maximum atomic E-state index is 12.1. The van der Waals surface area contributed by atoms with Gasteiger partial charge in [0.1, 0.15) is 5.75 Å². The molecule has 1 aromatic rings. The Morgan fingerprint density at radius 3 is 2.26 bits per heavy atom. The molecule has 0 spiro atoms. The number of carbonyl (C=O) groups excluding carboxylic acids is 1. The van der Waals surface area contributed by atoms with E-state index in [9.17, 15) is 4.79 Å². The molecule has 1 fully saturated rings. The highest BCUT2D eigenvalue weighted by Crippen LogP contribution is 2.28. The van der Waals surface area contributed by atoms with Crippen molar-refractivity contribution in [3.63, 3.8) is 0 Å². The van der Waals surface area contributed by atoms with Crippen LogP contribution in [0.1, 0.15) is 52.0 Å². The summed E-state index contributed by atoms with van der Waals surface area (Å²) in [6.45, 7) is 7.05. The molecule has 0 aromatic heterocycles. The number of halogens is 1. The maximum absolute atomic E-state index is 12.1. The predicted octanol–water partition coefficient (Wildman–Crippen LogP) is 3.17. The van der Waals surface area contributed by atoms with Crippen LogP contribution in [0.2, 0.25) is 0 Å². The van der Waals surface area contributed by atoms with Gasteiger partial charge in [-0.05, 0) is 36.0 Å². The lowest BCUT2D eigenvalue weighted by Crippen LogP contribution is -2.52.